The van der Waals surface area contributed by atoms with Crippen LogP contribution in [-0.4, -0.2) is 33.4 Å². The number of aromatic nitrogens is 2. The lowest BCUT2D eigenvalue weighted by Crippen LogP contribution is -2.36. The maximum absolute atomic E-state index is 12.8. The largest absolute Gasteiger partial charge is 0.493 e. The zero-order valence-electron chi connectivity index (χ0n) is 15.1. The predicted molar refractivity (Wildman–Crippen MR) is 99.9 cm³/mol. The van der Waals surface area contributed by atoms with Gasteiger partial charge in [-0.05, 0) is 49.3 Å². The lowest BCUT2D eigenvalue weighted by atomic mass is 9.86. The Bertz CT molecular complexity index is 895. The third-order valence-electron chi connectivity index (χ3n) is 5.23. The minimum absolute atomic E-state index is 0.0242. The average molecular weight is 369 g/mol. The molecule has 0 bridgehead atoms. The Balaban J connectivity index is 1.44. The fourth-order valence-electron chi connectivity index (χ4n) is 3.25. The summed E-state index contributed by atoms with van der Waals surface area (Å²) in [7, 11) is 0. The van der Waals surface area contributed by atoms with Crippen LogP contribution in [0.4, 0.5) is 0 Å². The van der Waals surface area contributed by atoms with Gasteiger partial charge < -0.3 is 14.6 Å². The SMILES string of the molecule is O=C(c1cc(=O)[nH]c(=O)[nH]1)N(Cc1ccc(OCC2CCC2)cc1)C1CC1. The van der Waals surface area contributed by atoms with Crippen molar-refractivity contribution in [2.45, 2.75) is 44.7 Å². The molecule has 2 aliphatic rings. The number of nitrogens with one attached hydrogen (secondary N) is 2. The third-order valence-corrected chi connectivity index (χ3v) is 5.23. The lowest BCUT2D eigenvalue weighted by Gasteiger charge is -2.25. The van der Waals surface area contributed by atoms with Crippen LogP contribution in [0.1, 0.15) is 48.2 Å². The quantitative estimate of drug-likeness (QED) is 0.781. The maximum Gasteiger partial charge on any atom is 0.326 e. The van der Waals surface area contributed by atoms with Crippen LogP contribution < -0.4 is 16.0 Å². The van der Waals surface area contributed by atoms with E-state index in [1.807, 2.05) is 24.3 Å². The second-order valence-electron chi connectivity index (χ2n) is 7.42. The number of rotatable bonds is 7. The summed E-state index contributed by atoms with van der Waals surface area (Å²) in [5, 5.41) is 0. The number of amides is 1. The van der Waals surface area contributed by atoms with Crippen molar-refractivity contribution in [3.05, 3.63) is 62.4 Å². The van der Waals surface area contributed by atoms with Crippen molar-refractivity contribution in [1.29, 1.82) is 0 Å². The summed E-state index contributed by atoms with van der Waals surface area (Å²) in [5.41, 5.74) is -0.241. The Morgan fingerprint density at radius 3 is 2.41 bits per heavy atom. The minimum atomic E-state index is -0.672. The van der Waals surface area contributed by atoms with Gasteiger partial charge in [0.2, 0.25) is 0 Å². The molecule has 27 heavy (non-hydrogen) atoms. The zero-order valence-corrected chi connectivity index (χ0v) is 15.1. The molecule has 7 heteroatoms. The van der Waals surface area contributed by atoms with Crippen LogP contribution in [0.3, 0.4) is 0 Å². The van der Waals surface area contributed by atoms with Gasteiger partial charge in [0.1, 0.15) is 11.4 Å². The molecule has 0 radical (unpaired) electrons. The van der Waals surface area contributed by atoms with Gasteiger partial charge in [-0.3, -0.25) is 14.6 Å². The summed E-state index contributed by atoms with van der Waals surface area (Å²) in [6.45, 7) is 1.20. The van der Waals surface area contributed by atoms with Gasteiger partial charge in [0.25, 0.3) is 11.5 Å². The van der Waals surface area contributed by atoms with Crippen LogP contribution in [-0.2, 0) is 6.54 Å². The fourth-order valence-corrected chi connectivity index (χ4v) is 3.25. The molecule has 0 unspecified atom stereocenters. The molecule has 142 valence electrons. The zero-order chi connectivity index (χ0) is 18.8. The molecule has 2 fully saturated rings. The summed E-state index contributed by atoms with van der Waals surface area (Å²) >= 11 is 0. The van der Waals surface area contributed by atoms with Gasteiger partial charge >= 0.3 is 5.69 Å². The van der Waals surface area contributed by atoms with Crippen molar-refractivity contribution in [1.82, 2.24) is 14.9 Å². The van der Waals surface area contributed by atoms with E-state index in [1.165, 1.54) is 19.3 Å². The Morgan fingerprint density at radius 2 is 1.81 bits per heavy atom. The van der Waals surface area contributed by atoms with Gasteiger partial charge in [-0.2, -0.15) is 0 Å². The van der Waals surface area contributed by atoms with Crippen molar-refractivity contribution in [3.8, 4) is 5.75 Å². The first-order chi connectivity index (χ1) is 13.1. The molecule has 1 aromatic heterocycles. The highest BCUT2D eigenvalue weighted by molar-refractivity contribution is 5.92. The monoisotopic (exact) mass is 369 g/mol. The van der Waals surface area contributed by atoms with Gasteiger partial charge in [0.15, 0.2) is 0 Å². The first-order valence-electron chi connectivity index (χ1n) is 9.45. The Hall–Kier alpha value is -2.83. The molecule has 1 heterocycles. The summed E-state index contributed by atoms with van der Waals surface area (Å²) in [6, 6.07) is 9.06. The van der Waals surface area contributed by atoms with Gasteiger partial charge in [-0.15, -0.1) is 0 Å². The van der Waals surface area contributed by atoms with Crippen molar-refractivity contribution < 1.29 is 9.53 Å². The predicted octanol–water partition coefficient (Wildman–Crippen LogP) is 2.05. The van der Waals surface area contributed by atoms with Gasteiger partial charge in [0, 0.05) is 18.7 Å². The number of carbonyl (C=O) groups excluding carboxylic acids is 1. The van der Waals surface area contributed by atoms with E-state index in [9.17, 15) is 14.4 Å². The minimum Gasteiger partial charge on any atom is -0.493 e. The van der Waals surface area contributed by atoms with E-state index in [0.29, 0.717) is 12.5 Å². The lowest BCUT2D eigenvalue weighted by molar-refractivity contribution is 0.0723. The molecule has 0 aliphatic heterocycles. The summed E-state index contributed by atoms with van der Waals surface area (Å²) in [4.78, 5) is 42.0. The standard InChI is InChI=1S/C20H23N3O4/c24-18-10-17(21-20(26)22-18)19(25)23(15-6-7-15)11-13-4-8-16(9-5-13)27-12-14-2-1-3-14/h4-5,8-10,14-15H,1-3,6-7,11-12H2,(H2,21,22,24,26). The van der Waals surface area contributed by atoms with Crippen molar-refractivity contribution in [3.63, 3.8) is 0 Å². The molecule has 7 nitrogen and oxygen atoms in total. The van der Waals surface area contributed by atoms with Crippen LogP contribution in [0.2, 0.25) is 0 Å². The van der Waals surface area contributed by atoms with E-state index in [4.69, 9.17) is 4.74 Å². The Labute approximate surface area is 156 Å². The number of benzene rings is 1. The molecule has 1 amide bonds. The molecular formula is C20H23N3O4. The van der Waals surface area contributed by atoms with E-state index in [0.717, 1.165) is 36.8 Å². The summed E-state index contributed by atoms with van der Waals surface area (Å²) in [5.74, 6) is 1.20. The Morgan fingerprint density at radius 1 is 1.07 bits per heavy atom. The van der Waals surface area contributed by atoms with Gasteiger partial charge in [-0.25, -0.2) is 4.79 Å². The highest BCUT2D eigenvalue weighted by Crippen LogP contribution is 2.30. The molecule has 1 aromatic carbocycles. The van der Waals surface area contributed by atoms with E-state index < -0.39 is 11.2 Å². The molecular weight excluding hydrogens is 346 g/mol. The molecule has 0 saturated heterocycles. The third kappa shape index (κ3) is 4.30. The van der Waals surface area contributed by atoms with E-state index in [2.05, 4.69) is 9.97 Å². The van der Waals surface area contributed by atoms with Crippen LogP contribution in [0.15, 0.2) is 39.9 Å². The first-order valence-corrected chi connectivity index (χ1v) is 9.45. The number of carbonyl (C=O) groups is 1. The van der Waals surface area contributed by atoms with Crippen LogP contribution in [0, 0.1) is 5.92 Å². The van der Waals surface area contributed by atoms with E-state index in [-0.39, 0.29) is 17.6 Å². The average Bonchev–Trinajstić information content (AvgIpc) is 3.43. The van der Waals surface area contributed by atoms with E-state index in [1.54, 1.807) is 4.90 Å². The number of hydrogen-bond acceptors (Lipinski definition) is 4. The summed E-state index contributed by atoms with van der Waals surface area (Å²) in [6.07, 6.45) is 5.67. The second kappa shape index (κ2) is 7.42. The highest BCUT2D eigenvalue weighted by Gasteiger charge is 2.33. The smallest absolute Gasteiger partial charge is 0.326 e. The molecule has 2 aliphatic carbocycles. The number of hydrogen-bond donors (Lipinski definition) is 2. The van der Waals surface area contributed by atoms with Crippen molar-refractivity contribution in [2.75, 3.05) is 6.61 Å². The van der Waals surface area contributed by atoms with Crippen LogP contribution in [0.5, 0.6) is 5.75 Å². The maximum atomic E-state index is 12.8. The number of H-pyrrole nitrogens is 2. The normalized spacial score (nSPS) is 16.6. The number of ether oxygens (including phenoxy) is 1. The molecule has 4 rings (SSSR count). The summed E-state index contributed by atoms with van der Waals surface area (Å²) < 4.78 is 5.81. The first kappa shape index (κ1) is 17.6. The van der Waals surface area contributed by atoms with E-state index >= 15 is 0 Å². The number of nitrogens with zero attached hydrogens (tertiary/aromatic N) is 1. The fraction of sp³-hybridized carbons (Fsp3) is 0.450. The molecule has 0 spiro atoms. The van der Waals surface area contributed by atoms with Crippen molar-refractivity contribution in [2.24, 2.45) is 5.92 Å². The molecule has 2 saturated carbocycles. The molecule has 2 aromatic rings. The molecule has 2 N–H and O–H groups in total. The number of aromatic amines is 2. The Kier molecular flexibility index (Phi) is 4.83. The topological polar surface area (TPSA) is 95.3 Å². The van der Waals surface area contributed by atoms with Gasteiger partial charge in [0.05, 0.1) is 6.61 Å². The van der Waals surface area contributed by atoms with Crippen molar-refractivity contribution >= 4 is 5.91 Å². The van der Waals surface area contributed by atoms with Crippen LogP contribution >= 0.6 is 0 Å². The van der Waals surface area contributed by atoms with Gasteiger partial charge in [-0.1, -0.05) is 18.6 Å². The highest BCUT2D eigenvalue weighted by atomic mass is 16.5. The molecule has 0 atom stereocenters. The second-order valence-corrected chi connectivity index (χ2v) is 7.42. The van der Waals surface area contributed by atoms with Crippen LogP contribution in [0.25, 0.3) is 0 Å².